The maximum Gasteiger partial charge on any atom is 0.309 e. The lowest BCUT2D eigenvalue weighted by Gasteiger charge is -2.24. The first kappa shape index (κ1) is 47.5. The second-order valence-electron chi connectivity index (χ2n) is 14.5. The molecule has 2 aromatic carbocycles. The highest BCUT2D eigenvalue weighted by atomic mass is 19.1. The Kier molecular flexibility index (Phi) is 21.1. The van der Waals surface area contributed by atoms with Gasteiger partial charge in [0.2, 0.25) is 0 Å². The van der Waals surface area contributed by atoms with E-state index in [4.69, 9.17) is 9.84 Å². The lowest BCUT2D eigenvalue weighted by molar-refractivity contribution is -0.146. The van der Waals surface area contributed by atoms with Gasteiger partial charge in [0.1, 0.15) is 5.75 Å². The zero-order chi connectivity index (χ0) is 40.9. The van der Waals surface area contributed by atoms with E-state index in [9.17, 15) is 14.3 Å². The number of aliphatic hydroxyl groups excluding tert-OH is 1. The molecule has 0 radical (unpaired) electrons. The van der Waals surface area contributed by atoms with Crippen molar-refractivity contribution in [3.8, 4) is 11.5 Å². The summed E-state index contributed by atoms with van der Waals surface area (Å²) < 4.78 is 20.6. The van der Waals surface area contributed by atoms with Gasteiger partial charge in [-0.1, -0.05) is 85.1 Å². The predicted octanol–water partition coefficient (Wildman–Crippen LogP) is 10.9. The number of rotatable bonds is 18. The molecule has 0 aliphatic rings. The van der Waals surface area contributed by atoms with Crippen LogP contribution in [0.2, 0.25) is 0 Å². The first-order valence-electron chi connectivity index (χ1n) is 19.0. The minimum atomic E-state index is -0.760. The molecular formula is C44H66FN5O4. The molecule has 9 nitrogen and oxygen atoms in total. The Morgan fingerprint density at radius 3 is 2.39 bits per heavy atom. The molecule has 1 unspecified atom stereocenters. The Bertz CT molecular complexity index is 1720. The number of aromatic nitrogens is 2. The zero-order valence-electron chi connectivity index (χ0n) is 34.5. The topological polar surface area (TPSA) is 123 Å². The van der Waals surface area contributed by atoms with Crippen LogP contribution in [-0.2, 0) is 24.2 Å². The summed E-state index contributed by atoms with van der Waals surface area (Å²) in [4.78, 5) is 22.9. The molecule has 0 aliphatic carbocycles. The number of aromatic amines is 1. The molecule has 3 N–H and O–H groups in total. The summed E-state index contributed by atoms with van der Waals surface area (Å²) >= 11 is 0. The van der Waals surface area contributed by atoms with E-state index in [1.807, 2.05) is 38.2 Å². The largest absolute Gasteiger partial charge is 0.481 e. The zero-order valence-corrected chi connectivity index (χ0v) is 34.5. The quantitative estimate of drug-likeness (QED) is 0.0688. The number of carboxylic acid groups (broad SMARTS) is 1. The minimum Gasteiger partial charge on any atom is -0.481 e. The first-order valence-corrected chi connectivity index (χ1v) is 19.0. The van der Waals surface area contributed by atoms with Crippen LogP contribution in [0.15, 0.2) is 71.0 Å². The number of carbonyl (C=O) groups is 1. The molecule has 0 fully saturated rings. The number of hydrogen-bond donors (Lipinski definition) is 3. The number of nitrogens with one attached hydrogen (secondary N) is 1. The number of hydrogen-bond acceptors (Lipinski definition) is 7. The van der Waals surface area contributed by atoms with Crippen molar-refractivity contribution in [1.82, 2.24) is 15.0 Å². The molecule has 2 aromatic heterocycles. The molecule has 0 amide bonds. The van der Waals surface area contributed by atoms with Gasteiger partial charge >= 0.3 is 5.97 Å². The smallest absolute Gasteiger partial charge is 0.309 e. The van der Waals surface area contributed by atoms with Gasteiger partial charge in [0, 0.05) is 74.3 Å². The molecule has 1 atom stereocenters. The van der Waals surface area contributed by atoms with Crippen molar-refractivity contribution in [2.75, 3.05) is 20.7 Å². The van der Waals surface area contributed by atoms with Crippen LogP contribution in [0.25, 0.3) is 10.9 Å². The highest BCUT2D eigenvalue weighted by Gasteiger charge is 2.27. The SMILES string of the molecule is C=NCC(CCCC(C)(C)CC)c1cccc(CC(C)(C)C(=O)O)c1.C=NN(C)Cc1cc(Oc2c(F)cc3[nH]ccc3c2CCC)ccn1.CC.CO. The van der Waals surface area contributed by atoms with Gasteiger partial charge in [-0.25, -0.2) is 4.39 Å². The number of halogens is 1. The summed E-state index contributed by atoms with van der Waals surface area (Å²) in [5.41, 5.74) is 4.39. The molecule has 0 aliphatic heterocycles. The van der Waals surface area contributed by atoms with Crippen LogP contribution >= 0.6 is 0 Å². The number of H-pyrrole nitrogens is 1. The van der Waals surface area contributed by atoms with E-state index in [-0.39, 0.29) is 11.6 Å². The van der Waals surface area contributed by atoms with Crippen LogP contribution in [0.1, 0.15) is 116 Å². The molecule has 0 spiro atoms. The van der Waals surface area contributed by atoms with E-state index in [1.54, 1.807) is 44.2 Å². The standard InChI is InChI=1S/C22H35NO2.C19H21FN4O.C2H6.CH4O/c1-7-21(2,3)13-9-12-19(16-23-6)18-11-8-10-17(14-18)15-22(4,5)20(24)25;1-4-5-16-15-7-9-23-18(15)11-17(20)19(16)25-14-6-8-22-13(10-14)12-24(3)21-2;2*1-2/h8,10-11,14,19H,6-7,9,12-13,15-16H2,1-5H3,(H,24,25);6-11,23H,2,4-5,12H2,1,3H3;1-2H3;2H,1H3. The van der Waals surface area contributed by atoms with E-state index in [0.29, 0.717) is 30.0 Å². The third kappa shape index (κ3) is 15.0. The van der Waals surface area contributed by atoms with Gasteiger partial charge in [0.25, 0.3) is 0 Å². The van der Waals surface area contributed by atoms with Crippen molar-refractivity contribution < 1.29 is 24.1 Å². The van der Waals surface area contributed by atoms with Crippen LogP contribution in [0.4, 0.5) is 4.39 Å². The van der Waals surface area contributed by atoms with Gasteiger partial charge in [-0.15, -0.1) is 0 Å². The van der Waals surface area contributed by atoms with Crippen LogP contribution in [-0.4, -0.2) is 65.3 Å². The number of carboxylic acids is 1. The lowest BCUT2D eigenvalue weighted by Crippen LogP contribution is -2.26. The number of aliphatic imine (C=N–C) groups is 1. The average molecular weight is 748 g/mol. The Hall–Kier alpha value is -4.57. The van der Waals surface area contributed by atoms with Crippen LogP contribution in [0.5, 0.6) is 11.5 Å². The highest BCUT2D eigenvalue weighted by Crippen LogP contribution is 2.35. The Balaban J connectivity index is 0.000000495. The van der Waals surface area contributed by atoms with Gasteiger partial charge < -0.3 is 24.9 Å². The fourth-order valence-corrected chi connectivity index (χ4v) is 5.91. The molecule has 10 heteroatoms. The van der Waals surface area contributed by atoms with Crippen molar-refractivity contribution >= 4 is 30.3 Å². The monoisotopic (exact) mass is 748 g/mol. The van der Waals surface area contributed by atoms with E-state index >= 15 is 0 Å². The summed E-state index contributed by atoms with van der Waals surface area (Å²) in [5, 5.41) is 22.8. The molecule has 298 valence electrons. The van der Waals surface area contributed by atoms with Crippen molar-refractivity contribution in [2.24, 2.45) is 20.9 Å². The third-order valence-corrected chi connectivity index (χ3v) is 9.37. The number of aryl methyl sites for hydroxylation is 1. The molecular weight excluding hydrogens is 682 g/mol. The minimum absolute atomic E-state index is 0.279. The Morgan fingerprint density at radius 2 is 1.78 bits per heavy atom. The normalized spacial score (nSPS) is 11.5. The number of benzene rings is 2. The molecule has 54 heavy (non-hydrogen) atoms. The summed E-state index contributed by atoms with van der Waals surface area (Å²) in [7, 11) is 2.81. The van der Waals surface area contributed by atoms with Crippen molar-refractivity contribution in [1.29, 1.82) is 0 Å². The second kappa shape index (κ2) is 24.0. The average Bonchev–Trinajstić information content (AvgIpc) is 3.63. The number of aliphatic carboxylic acids is 1. The molecule has 0 saturated carbocycles. The lowest BCUT2D eigenvalue weighted by atomic mass is 9.81. The van der Waals surface area contributed by atoms with Crippen LogP contribution < -0.4 is 4.74 Å². The fourth-order valence-electron chi connectivity index (χ4n) is 5.91. The van der Waals surface area contributed by atoms with Crippen molar-refractivity contribution in [3.63, 3.8) is 0 Å². The maximum atomic E-state index is 14.6. The predicted molar refractivity (Wildman–Crippen MR) is 224 cm³/mol. The van der Waals surface area contributed by atoms with E-state index in [0.717, 1.165) is 60.6 Å². The van der Waals surface area contributed by atoms with Crippen LogP contribution in [0, 0.1) is 16.6 Å². The van der Waals surface area contributed by atoms with E-state index in [1.165, 1.54) is 30.9 Å². The number of fused-ring (bicyclic) bond motifs is 1. The van der Waals surface area contributed by atoms with Crippen LogP contribution in [0.3, 0.4) is 0 Å². The van der Waals surface area contributed by atoms with Crippen molar-refractivity contribution in [3.05, 3.63) is 89.1 Å². The Labute approximate surface area is 323 Å². The van der Waals surface area contributed by atoms with Gasteiger partial charge in [-0.3, -0.25) is 14.8 Å². The first-order chi connectivity index (χ1) is 25.7. The maximum absolute atomic E-state index is 14.6. The number of nitrogens with zero attached hydrogens (tertiary/aromatic N) is 4. The molecule has 0 saturated heterocycles. The molecule has 4 aromatic rings. The van der Waals surface area contributed by atoms with Crippen molar-refractivity contribution in [2.45, 2.75) is 113 Å². The van der Waals surface area contributed by atoms with E-state index in [2.05, 4.69) is 73.3 Å². The molecule has 0 bridgehead atoms. The number of pyridine rings is 1. The molecule has 2 heterocycles. The van der Waals surface area contributed by atoms with Gasteiger partial charge in [0.05, 0.1) is 17.7 Å². The van der Waals surface area contributed by atoms with E-state index < -0.39 is 11.4 Å². The Morgan fingerprint density at radius 1 is 1.07 bits per heavy atom. The number of ether oxygens (including phenoxy) is 1. The fraction of sp³-hybridized carbons (Fsp3) is 0.500. The summed E-state index contributed by atoms with van der Waals surface area (Å²) in [6, 6.07) is 15.3. The van der Waals surface area contributed by atoms with Gasteiger partial charge in [-0.05, 0) is 74.9 Å². The molecule has 4 rings (SSSR count). The number of hydrazone groups is 1. The summed E-state index contributed by atoms with van der Waals surface area (Å²) in [5.74, 6) is 0.0543. The summed E-state index contributed by atoms with van der Waals surface area (Å²) in [6.07, 6.45) is 10.3. The number of aliphatic hydroxyl groups is 1. The van der Waals surface area contributed by atoms with Gasteiger partial charge in [-0.2, -0.15) is 5.10 Å². The highest BCUT2D eigenvalue weighted by molar-refractivity contribution is 5.85. The third-order valence-electron chi connectivity index (χ3n) is 9.37. The summed E-state index contributed by atoms with van der Waals surface area (Å²) in [6.45, 7) is 24.9. The van der Waals surface area contributed by atoms with Gasteiger partial charge in [0.15, 0.2) is 11.6 Å². The second-order valence-corrected chi connectivity index (χ2v) is 14.5.